The summed E-state index contributed by atoms with van der Waals surface area (Å²) >= 11 is 0. The molecule has 0 radical (unpaired) electrons. The molecule has 2 fully saturated rings. The van der Waals surface area contributed by atoms with Gasteiger partial charge in [0.1, 0.15) is 0 Å². The van der Waals surface area contributed by atoms with E-state index in [0.29, 0.717) is 17.2 Å². The molecular weight excluding hydrogens is 174 g/mol. The van der Waals surface area contributed by atoms with E-state index in [2.05, 4.69) is 12.2 Å². The second-order valence-corrected chi connectivity index (χ2v) is 5.36. The molecule has 0 bridgehead atoms. The lowest BCUT2D eigenvalue weighted by Gasteiger charge is -2.33. The highest BCUT2D eigenvalue weighted by molar-refractivity contribution is 5.80. The third-order valence-corrected chi connectivity index (χ3v) is 3.70. The van der Waals surface area contributed by atoms with Crippen LogP contribution >= 0.6 is 0 Å². The maximum Gasteiger partial charge on any atom is 0.223 e. The zero-order valence-electron chi connectivity index (χ0n) is 9.14. The van der Waals surface area contributed by atoms with Crippen LogP contribution < -0.4 is 5.32 Å². The lowest BCUT2D eigenvalue weighted by atomic mass is 9.76. The summed E-state index contributed by atoms with van der Waals surface area (Å²) in [5.74, 6) is 0.666. The highest BCUT2D eigenvalue weighted by atomic mass is 16.2. The van der Waals surface area contributed by atoms with Crippen molar-refractivity contribution in [3.8, 4) is 0 Å². The van der Waals surface area contributed by atoms with Gasteiger partial charge in [-0.2, -0.15) is 0 Å². The van der Waals surface area contributed by atoms with Gasteiger partial charge in [-0.25, -0.2) is 0 Å². The molecule has 80 valence electrons. The molecule has 2 heteroatoms. The minimum Gasteiger partial charge on any atom is -0.355 e. The van der Waals surface area contributed by atoms with Crippen molar-refractivity contribution in [2.24, 2.45) is 11.3 Å². The summed E-state index contributed by atoms with van der Waals surface area (Å²) in [7, 11) is 0. The summed E-state index contributed by atoms with van der Waals surface area (Å²) in [5.41, 5.74) is 0.392. The van der Waals surface area contributed by atoms with Crippen LogP contribution in [0.3, 0.4) is 0 Å². The van der Waals surface area contributed by atoms with Crippen LogP contribution in [0.2, 0.25) is 0 Å². The van der Waals surface area contributed by atoms with Crippen LogP contribution in [0.5, 0.6) is 0 Å². The highest BCUT2D eigenvalue weighted by Crippen LogP contribution is 2.35. The van der Waals surface area contributed by atoms with E-state index in [-0.39, 0.29) is 0 Å². The fourth-order valence-electron chi connectivity index (χ4n) is 2.37. The van der Waals surface area contributed by atoms with Gasteiger partial charge in [-0.3, -0.25) is 4.79 Å². The molecule has 2 nitrogen and oxygen atoms in total. The normalized spacial score (nSPS) is 25.8. The molecule has 14 heavy (non-hydrogen) atoms. The number of hydrogen-bond donors (Lipinski definition) is 1. The van der Waals surface area contributed by atoms with Crippen LogP contribution in [0.1, 0.15) is 51.9 Å². The third-order valence-electron chi connectivity index (χ3n) is 3.70. The smallest absolute Gasteiger partial charge is 0.223 e. The molecule has 0 heterocycles. The number of carbonyl (C=O) groups excluding carboxylic acids is 1. The molecule has 0 atom stereocenters. The van der Waals surface area contributed by atoms with Gasteiger partial charge in [0.05, 0.1) is 0 Å². The Morgan fingerprint density at radius 1 is 1.29 bits per heavy atom. The van der Waals surface area contributed by atoms with Gasteiger partial charge in [0.25, 0.3) is 0 Å². The molecule has 0 aromatic heterocycles. The quantitative estimate of drug-likeness (QED) is 0.736. The van der Waals surface area contributed by atoms with E-state index in [1.165, 1.54) is 32.1 Å². The van der Waals surface area contributed by atoms with Gasteiger partial charge in [0.2, 0.25) is 5.91 Å². The maximum absolute atomic E-state index is 11.5. The first kappa shape index (κ1) is 10.0. The molecule has 0 saturated heterocycles. The molecule has 2 saturated carbocycles. The van der Waals surface area contributed by atoms with Crippen molar-refractivity contribution in [1.29, 1.82) is 0 Å². The molecule has 0 unspecified atom stereocenters. The Morgan fingerprint density at radius 2 is 1.93 bits per heavy atom. The predicted octanol–water partition coefficient (Wildman–Crippen LogP) is 2.48. The summed E-state index contributed by atoms with van der Waals surface area (Å²) in [6.07, 6.45) is 8.87. The van der Waals surface area contributed by atoms with Crippen molar-refractivity contribution in [2.75, 3.05) is 6.54 Å². The average molecular weight is 195 g/mol. The molecule has 2 rings (SSSR count). The Balaban J connectivity index is 1.74. The minimum atomic E-state index is 0.303. The van der Waals surface area contributed by atoms with Crippen LogP contribution in [0.4, 0.5) is 0 Å². The number of carbonyl (C=O) groups is 1. The van der Waals surface area contributed by atoms with Gasteiger partial charge in [-0.15, -0.1) is 0 Å². The number of nitrogens with one attached hydrogen (secondary N) is 1. The van der Waals surface area contributed by atoms with E-state index in [9.17, 15) is 4.79 Å². The van der Waals surface area contributed by atoms with Crippen LogP contribution in [-0.2, 0) is 4.79 Å². The van der Waals surface area contributed by atoms with Crippen molar-refractivity contribution in [1.82, 2.24) is 5.32 Å². The molecule has 0 spiro atoms. The zero-order chi connectivity index (χ0) is 10.0. The zero-order valence-corrected chi connectivity index (χ0v) is 9.14. The standard InChI is InChI=1S/C12H21NO/c1-12(7-3-2-4-8-12)9-13-11(14)10-5-6-10/h10H,2-9H2,1H3,(H,13,14). The Morgan fingerprint density at radius 3 is 2.50 bits per heavy atom. The second kappa shape index (κ2) is 3.92. The van der Waals surface area contributed by atoms with Gasteiger partial charge in [0.15, 0.2) is 0 Å². The monoisotopic (exact) mass is 195 g/mol. The molecule has 1 amide bonds. The molecule has 1 N–H and O–H groups in total. The van der Waals surface area contributed by atoms with Crippen molar-refractivity contribution in [2.45, 2.75) is 51.9 Å². The number of rotatable bonds is 3. The predicted molar refractivity (Wildman–Crippen MR) is 56.9 cm³/mol. The average Bonchev–Trinajstić information content (AvgIpc) is 2.99. The summed E-state index contributed by atoms with van der Waals surface area (Å²) in [6, 6.07) is 0. The first-order valence-corrected chi connectivity index (χ1v) is 5.97. The molecule has 2 aliphatic rings. The maximum atomic E-state index is 11.5. The Kier molecular flexibility index (Phi) is 2.80. The van der Waals surface area contributed by atoms with E-state index in [1.807, 2.05) is 0 Å². The Bertz CT molecular complexity index is 214. The van der Waals surface area contributed by atoms with E-state index in [0.717, 1.165) is 19.4 Å². The number of hydrogen-bond acceptors (Lipinski definition) is 1. The molecule has 0 aromatic rings. The summed E-state index contributed by atoms with van der Waals surface area (Å²) in [4.78, 5) is 11.5. The first-order valence-electron chi connectivity index (χ1n) is 5.97. The topological polar surface area (TPSA) is 29.1 Å². The molecule has 0 aliphatic heterocycles. The van der Waals surface area contributed by atoms with Gasteiger partial charge in [-0.05, 0) is 31.1 Å². The van der Waals surface area contributed by atoms with Crippen molar-refractivity contribution < 1.29 is 4.79 Å². The fraction of sp³-hybridized carbons (Fsp3) is 0.917. The van der Waals surface area contributed by atoms with E-state index in [4.69, 9.17) is 0 Å². The summed E-state index contributed by atoms with van der Waals surface area (Å²) < 4.78 is 0. The second-order valence-electron chi connectivity index (χ2n) is 5.36. The van der Waals surface area contributed by atoms with Gasteiger partial charge in [0, 0.05) is 12.5 Å². The Labute approximate surface area is 86.5 Å². The van der Waals surface area contributed by atoms with E-state index in [1.54, 1.807) is 0 Å². The Hall–Kier alpha value is -0.530. The summed E-state index contributed by atoms with van der Waals surface area (Å²) in [5, 5.41) is 3.12. The van der Waals surface area contributed by atoms with Crippen molar-refractivity contribution in [3.63, 3.8) is 0 Å². The molecular formula is C12H21NO. The van der Waals surface area contributed by atoms with E-state index < -0.39 is 0 Å². The fourth-order valence-corrected chi connectivity index (χ4v) is 2.37. The van der Waals surface area contributed by atoms with Crippen molar-refractivity contribution in [3.05, 3.63) is 0 Å². The van der Waals surface area contributed by atoms with E-state index >= 15 is 0 Å². The summed E-state index contributed by atoms with van der Waals surface area (Å²) in [6.45, 7) is 3.22. The first-order chi connectivity index (χ1) is 6.70. The van der Waals surface area contributed by atoms with Crippen LogP contribution in [0.15, 0.2) is 0 Å². The minimum absolute atomic E-state index is 0.303. The SMILES string of the molecule is CC1(CNC(=O)C2CC2)CCCCC1. The highest BCUT2D eigenvalue weighted by Gasteiger charge is 2.32. The van der Waals surface area contributed by atoms with Crippen LogP contribution in [0, 0.1) is 11.3 Å². The molecule has 2 aliphatic carbocycles. The van der Waals surface area contributed by atoms with Gasteiger partial charge < -0.3 is 5.32 Å². The van der Waals surface area contributed by atoms with Gasteiger partial charge in [-0.1, -0.05) is 26.2 Å². The van der Waals surface area contributed by atoms with Crippen LogP contribution in [0.25, 0.3) is 0 Å². The lowest BCUT2D eigenvalue weighted by Crippen LogP contribution is -2.37. The lowest BCUT2D eigenvalue weighted by molar-refractivity contribution is -0.122. The van der Waals surface area contributed by atoms with Gasteiger partial charge >= 0.3 is 0 Å². The third kappa shape index (κ3) is 2.49. The van der Waals surface area contributed by atoms with Crippen LogP contribution in [-0.4, -0.2) is 12.5 Å². The largest absolute Gasteiger partial charge is 0.355 e. The number of amides is 1. The molecule has 0 aromatic carbocycles. The van der Waals surface area contributed by atoms with Crippen molar-refractivity contribution >= 4 is 5.91 Å².